The molecule has 1 saturated carbocycles. The minimum atomic E-state index is -1.46. The third-order valence-electron chi connectivity index (χ3n) is 5.66. The van der Waals surface area contributed by atoms with Crippen LogP contribution < -0.4 is 5.56 Å². The van der Waals surface area contributed by atoms with E-state index in [1.807, 2.05) is 0 Å². The molecule has 31 heavy (non-hydrogen) atoms. The number of rotatable bonds is 9. The second-order valence-corrected chi connectivity index (χ2v) is 10.4. The summed E-state index contributed by atoms with van der Waals surface area (Å²) >= 11 is 5.38. The smallest absolute Gasteiger partial charge is 0.260 e. The summed E-state index contributed by atoms with van der Waals surface area (Å²) in [7, 11) is -1.46. The van der Waals surface area contributed by atoms with Crippen LogP contribution >= 0.6 is 20.7 Å². The molecule has 8 nitrogen and oxygen atoms in total. The van der Waals surface area contributed by atoms with Gasteiger partial charge in [-0.15, -0.1) is 0 Å². The van der Waals surface area contributed by atoms with Gasteiger partial charge in [0.05, 0.1) is 6.10 Å². The van der Waals surface area contributed by atoms with Gasteiger partial charge in [-0.3, -0.25) is 14.3 Å². The zero-order valence-corrected chi connectivity index (χ0v) is 20.5. The Bertz CT molecular complexity index is 956. The van der Waals surface area contributed by atoms with E-state index in [9.17, 15) is 4.79 Å². The van der Waals surface area contributed by atoms with Crippen molar-refractivity contribution >= 4 is 20.7 Å². The van der Waals surface area contributed by atoms with Gasteiger partial charge in [0.25, 0.3) is 14.1 Å². The van der Waals surface area contributed by atoms with Crippen LogP contribution in [0.4, 0.5) is 0 Å². The summed E-state index contributed by atoms with van der Waals surface area (Å²) in [6.07, 6.45) is 2.34. The van der Waals surface area contributed by atoms with Crippen LogP contribution in [0.25, 0.3) is 4.85 Å². The van der Waals surface area contributed by atoms with E-state index in [1.165, 1.54) is 0 Å². The highest BCUT2D eigenvalue weighted by Crippen LogP contribution is 2.58. The van der Waals surface area contributed by atoms with Gasteiger partial charge in [-0.1, -0.05) is 0 Å². The first-order chi connectivity index (χ1) is 15.1. The highest BCUT2D eigenvalue weighted by molar-refractivity contribution is 7.71. The van der Waals surface area contributed by atoms with Crippen LogP contribution in [-0.2, 0) is 13.8 Å². The van der Waals surface area contributed by atoms with Gasteiger partial charge in [-0.05, 0) is 66.1 Å². The Morgan fingerprint density at radius 3 is 2.87 bits per heavy atom. The standard InChI is InChI=1S/C21H33N4O4PS/c1-14(2)25(15(3)4)30(27-11-10-22-6)29-21-9-7-8-17(21)28-18(12-21)24-13-16(5)19(26)23-20(24)31/h13-15,17-18H,7-12H2,1-5H3,(H,23,26,31)/t17-,18-,21+,30?/m1/s1/i8D/t8-,17+,18+,21-,30?/m0. The topological polar surface area (TPSA) is 73.1 Å². The molecule has 0 radical (unpaired) electrons. The van der Waals surface area contributed by atoms with Crippen molar-refractivity contribution in [1.29, 1.82) is 0 Å². The number of H-pyrrole nitrogens is 1. The van der Waals surface area contributed by atoms with E-state index >= 15 is 0 Å². The molecule has 1 unspecified atom stereocenters. The molecule has 5 atom stereocenters. The Morgan fingerprint density at radius 1 is 1.52 bits per heavy atom. The first kappa shape index (κ1) is 23.0. The quantitative estimate of drug-likeness (QED) is 0.244. The van der Waals surface area contributed by atoms with E-state index in [4.69, 9.17) is 33.9 Å². The number of aryl methyl sites for hydroxylation is 1. The lowest BCUT2D eigenvalue weighted by Gasteiger charge is -2.40. The summed E-state index contributed by atoms with van der Waals surface area (Å²) in [5.41, 5.74) is -0.343. The normalized spacial score (nSPS) is 29.4. The van der Waals surface area contributed by atoms with Crippen molar-refractivity contribution < 1.29 is 15.2 Å². The van der Waals surface area contributed by atoms with Crippen molar-refractivity contribution in [1.82, 2.24) is 14.2 Å². The number of nitrogens with zero attached hydrogens (tertiary/aromatic N) is 3. The molecule has 0 bridgehead atoms. The van der Waals surface area contributed by atoms with Crippen LogP contribution in [-0.4, -0.2) is 51.2 Å². The SMILES string of the molecule is [2H][C@H]1CC[C@]2(OP(OCC[N+]#[C-])N(C(C)C)C(C)C)C[C@H](n3cc(C)c(=O)[nH]c3=S)O[C@H]12. The first-order valence-corrected chi connectivity index (χ1v) is 12.3. The van der Waals surface area contributed by atoms with Crippen LogP contribution in [0.3, 0.4) is 0 Å². The fraction of sp³-hybridized carbons (Fsp3) is 0.762. The minimum absolute atomic E-state index is 0.186. The highest BCUT2D eigenvalue weighted by atomic mass is 32.1. The van der Waals surface area contributed by atoms with Gasteiger partial charge in [0, 0.05) is 31.6 Å². The Hall–Kier alpha value is -1.14. The predicted molar refractivity (Wildman–Crippen MR) is 123 cm³/mol. The van der Waals surface area contributed by atoms with E-state index in [-0.39, 0.29) is 24.2 Å². The molecule has 1 saturated heterocycles. The molecule has 1 aliphatic heterocycles. The van der Waals surface area contributed by atoms with Gasteiger partial charge in [-0.2, -0.15) is 0 Å². The zero-order chi connectivity index (χ0) is 23.6. The molecule has 1 N–H and O–H groups in total. The van der Waals surface area contributed by atoms with Gasteiger partial charge in [0.1, 0.15) is 18.4 Å². The third kappa shape index (κ3) is 5.27. The van der Waals surface area contributed by atoms with Crippen molar-refractivity contribution in [2.24, 2.45) is 0 Å². The average Bonchev–Trinajstić information content (AvgIpc) is 3.21. The van der Waals surface area contributed by atoms with E-state index in [2.05, 4.69) is 42.2 Å². The minimum Gasteiger partial charge on any atom is -0.352 e. The summed E-state index contributed by atoms with van der Waals surface area (Å²) in [6.45, 7) is 17.8. The highest BCUT2D eigenvalue weighted by Gasteiger charge is 2.55. The third-order valence-corrected chi connectivity index (χ3v) is 8.20. The molecule has 2 aliphatic rings. The van der Waals surface area contributed by atoms with Gasteiger partial charge in [0.15, 0.2) is 4.77 Å². The lowest BCUT2D eigenvalue weighted by Crippen LogP contribution is -2.40. The summed E-state index contributed by atoms with van der Waals surface area (Å²) in [5, 5.41) is 0. The van der Waals surface area contributed by atoms with E-state index < -0.39 is 32.9 Å². The van der Waals surface area contributed by atoms with Gasteiger partial charge >= 0.3 is 0 Å². The van der Waals surface area contributed by atoms with Crippen molar-refractivity contribution in [3.05, 3.63) is 38.3 Å². The fourth-order valence-corrected chi connectivity index (χ4v) is 6.40. The maximum absolute atomic E-state index is 11.9. The molecule has 0 aromatic carbocycles. The number of fused-ring (bicyclic) bond motifs is 1. The number of aromatic amines is 1. The first-order valence-electron chi connectivity index (χ1n) is 11.3. The van der Waals surface area contributed by atoms with Crippen LogP contribution in [0.2, 0.25) is 0 Å². The summed E-state index contributed by atoms with van der Waals surface area (Å²) in [6, 6.07) is 0.372. The summed E-state index contributed by atoms with van der Waals surface area (Å²) in [4.78, 5) is 18.0. The average molecular weight is 470 g/mol. The molecule has 1 aromatic heterocycles. The molecule has 0 spiro atoms. The van der Waals surface area contributed by atoms with Crippen molar-refractivity contribution in [3.63, 3.8) is 0 Å². The second kappa shape index (κ2) is 10.2. The fourth-order valence-electron chi connectivity index (χ4n) is 4.28. The maximum atomic E-state index is 11.9. The van der Waals surface area contributed by atoms with Gasteiger partial charge in [0.2, 0.25) is 6.54 Å². The number of hydrogen-bond donors (Lipinski definition) is 1. The molecular formula is C21H33N4O4PS. The lowest BCUT2D eigenvalue weighted by atomic mass is 9.98. The van der Waals surface area contributed by atoms with Crippen LogP contribution in [0.15, 0.2) is 11.0 Å². The summed E-state index contributed by atoms with van der Waals surface area (Å²) in [5.74, 6) is 0. The van der Waals surface area contributed by atoms with E-state index in [1.54, 1.807) is 17.7 Å². The number of aromatic nitrogens is 2. The molecular weight excluding hydrogens is 435 g/mol. The zero-order valence-electron chi connectivity index (χ0n) is 19.8. The summed E-state index contributed by atoms with van der Waals surface area (Å²) < 4.78 is 32.1. The molecule has 1 aliphatic carbocycles. The van der Waals surface area contributed by atoms with Crippen LogP contribution in [0, 0.1) is 18.3 Å². The molecule has 2 fully saturated rings. The monoisotopic (exact) mass is 469 g/mol. The molecule has 0 amide bonds. The molecule has 172 valence electrons. The van der Waals surface area contributed by atoms with Gasteiger partial charge in [-0.25, -0.2) is 11.2 Å². The van der Waals surface area contributed by atoms with E-state index in [0.29, 0.717) is 36.2 Å². The molecule has 1 aromatic rings. The second-order valence-electron chi connectivity index (χ2n) is 8.64. The Labute approximate surface area is 192 Å². The van der Waals surface area contributed by atoms with Crippen molar-refractivity contribution in [2.75, 3.05) is 13.2 Å². The number of ether oxygens (including phenoxy) is 1. The largest absolute Gasteiger partial charge is 0.352 e. The number of hydrogen-bond acceptors (Lipinski definition) is 6. The molecule has 10 heteroatoms. The Kier molecular flexibility index (Phi) is 7.58. The van der Waals surface area contributed by atoms with Crippen LogP contribution in [0.5, 0.6) is 0 Å². The molecule has 2 heterocycles. The maximum Gasteiger partial charge on any atom is 0.260 e. The number of nitrogens with one attached hydrogen (secondary N) is 1. The van der Waals surface area contributed by atoms with Crippen molar-refractivity contribution in [3.8, 4) is 0 Å². The lowest BCUT2D eigenvalue weighted by molar-refractivity contribution is -0.0356. The Balaban J connectivity index is 1.92. The van der Waals surface area contributed by atoms with Crippen LogP contribution in [0.1, 0.15) is 66.5 Å². The van der Waals surface area contributed by atoms with Crippen molar-refractivity contribution in [2.45, 2.75) is 90.3 Å². The van der Waals surface area contributed by atoms with E-state index in [0.717, 1.165) is 0 Å². The Morgan fingerprint density at radius 2 is 2.23 bits per heavy atom. The predicted octanol–water partition coefficient (Wildman–Crippen LogP) is 4.72. The van der Waals surface area contributed by atoms with Gasteiger partial charge < -0.3 is 18.6 Å². The molecule has 3 rings (SSSR count).